The van der Waals surface area contributed by atoms with Gasteiger partial charge in [-0.2, -0.15) is 0 Å². The van der Waals surface area contributed by atoms with Gasteiger partial charge in [0.05, 0.1) is 12.0 Å². The third kappa shape index (κ3) is 7.75. The molecule has 2 aromatic carbocycles. The van der Waals surface area contributed by atoms with E-state index < -0.39 is 11.0 Å². The van der Waals surface area contributed by atoms with Crippen LogP contribution in [-0.4, -0.2) is 54.5 Å². The molecule has 0 aromatic heterocycles. The van der Waals surface area contributed by atoms with Crippen LogP contribution in [0.4, 0.5) is 5.69 Å². The summed E-state index contributed by atoms with van der Waals surface area (Å²) < 4.78 is 10.7. The molecular formula is C25H33N3O6. The number of nitrogens with one attached hydrogen (secondary N) is 1. The Balaban J connectivity index is 2.15. The second-order valence-electron chi connectivity index (χ2n) is 7.77. The predicted octanol–water partition coefficient (Wildman–Crippen LogP) is 3.75. The maximum Gasteiger partial charge on any atom is 0.311 e. The molecule has 0 saturated carbocycles. The van der Waals surface area contributed by atoms with Crippen LogP contribution >= 0.6 is 0 Å². The molecule has 0 spiro atoms. The van der Waals surface area contributed by atoms with E-state index in [-0.39, 0.29) is 35.6 Å². The number of nitrogens with zero attached hydrogens (tertiary/aromatic N) is 2. The topological polar surface area (TPSA) is 111 Å². The standard InChI is InChI=1S/C25H33N3O6/c1-4-6-15-26-25(30)21(5-2)27(16-14-19-10-8-7-9-11-19)24(29)18-34-20-12-13-22(28(31)32)23(17-20)33-3/h7-13,17,21H,4-6,14-16,18H2,1-3H3,(H,26,30)/t21-/m0/s1. The quantitative estimate of drug-likeness (QED) is 0.255. The smallest absolute Gasteiger partial charge is 0.311 e. The number of hydrogen-bond donors (Lipinski definition) is 1. The fourth-order valence-electron chi connectivity index (χ4n) is 3.53. The first-order valence-corrected chi connectivity index (χ1v) is 11.5. The van der Waals surface area contributed by atoms with Crippen molar-refractivity contribution in [3.8, 4) is 11.5 Å². The van der Waals surface area contributed by atoms with E-state index in [0.29, 0.717) is 25.9 Å². The van der Waals surface area contributed by atoms with Crippen molar-refractivity contribution in [2.45, 2.75) is 45.6 Å². The highest BCUT2D eigenvalue weighted by Crippen LogP contribution is 2.30. The Morgan fingerprint density at radius 2 is 1.88 bits per heavy atom. The minimum absolute atomic E-state index is 0.0395. The third-order valence-electron chi connectivity index (χ3n) is 5.41. The second kappa shape index (κ2) is 13.8. The number of methoxy groups -OCH3 is 1. The SMILES string of the molecule is CCCCNC(=O)[C@H](CC)N(CCc1ccccc1)C(=O)COc1ccc([N+](=O)[O-])c(OC)c1. The van der Waals surface area contributed by atoms with Gasteiger partial charge in [0.2, 0.25) is 11.7 Å². The van der Waals surface area contributed by atoms with E-state index >= 15 is 0 Å². The van der Waals surface area contributed by atoms with Crippen LogP contribution in [0.1, 0.15) is 38.7 Å². The number of benzene rings is 2. The summed E-state index contributed by atoms with van der Waals surface area (Å²) in [4.78, 5) is 38.1. The first kappa shape index (κ1) is 26.6. The van der Waals surface area contributed by atoms with Gasteiger partial charge in [-0.25, -0.2) is 0 Å². The van der Waals surface area contributed by atoms with Gasteiger partial charge in [-0.05, 0) is 30.9 Å². The minimum atomic E-state index is -0.622. The average Bonchev–Trinajstić information content (AvgIpc) is 2.85. The minimum Gasteiger partial charge on any atom is -0.490 e. The highest BCUT2D eigenvalue weighted by molar-refractivity contribution is 5.88. The molecule has 0 unspecified atom stereocenters. The zero-order valence-electron chi connectivity index (χ0n) is 20.0. The lowest BCUT2D eigenvalue weighted by atomic mass is 10.1. The molecule has 9 nitrogen and oxygen atoms in total. The van der Waals surface area contributed by atoms with E-state index in [1.54, 1.807) is 4.90 Å². The molecule has 0 heterocycles. The van der Waals surface area contributed by atoms with Gasteiger partial charge in [0.25, 0.3) is 5.91 Å². The Morgan fingerprint density at radius 1 is 1.15 bits per heavy atom. The van der Waals surface area contributed by atoms with E-state index in [2.05, 4.69) is 5.32 Å². The monoisotopic (exact) mass is 471 g/mol. The first-order chi connectivity index (χ1) is 16.4. The predicted molar refractivity (Wildman–Crippen MR) is 129 cm³/mol. The molecule has 0 aliphatic rings. The van der Waals surface area contributed by atoms with Crippen molar-refractivity contribution in [2.24, 2.45) is 0 Å². The Bertz CT molecular complexity index is 951. The maximum atomic E-state index is 13.2. The van der Waals surface area contributed by atoms with Gasteiger partial charge >= 0.3 is 5.69 Å². The Labute approximate surface area is 200 Å². The first-order valence-electron chi connectivity index (χ1n) is 11.5. The molecule has 0 saturated heterocycles. The molecule has 2 amide bonds. The Morgan fingerprint density at radius 3 is 2.50 bits per heavy atom. The van der Waals surface area contributed by atoms with Gasteiger partial charge in [0.1, 0.15) is 11.8 Å². The van der Waals surface area contributed by atoms with Crippen LogP contribution < -0.4 is 14.8 Å². The zero-order chi connectivity index (χ0) is 24.9. The van der Waals surface area contributed by atoms with Crippen molar-refractivity contribution in [1.29, 1.82) is 0 Å². The Kier molecular flexibility index (Phi) is 10.8. The van der Waals surface area contributed by atoms with Crippen LogP contribution in [0.2, 0.25) is 0 Å². The van der Waals surface area contributed by atoms with Crippen molar-refractivity contribution in [1.82, 2.24) is 10.2 Å². The van der Waals surface area contributed by atoms with Crippen LogP contribution in [0.25, 0.3) is 0 Å². The normalized spacial score (nSPS) is 11.4. The molecular weight excluding hydrogens is 438 g/mol. The molecule has 9 heteroatoms. The third-order valence-corrected chi connectivity index (χ3v) is 5.41. The summed E-state index contributed by atoms with van der Waals surface area (Å²) in [7, 11) is 1.32. The molecule has 184 valence electrons. The lowest BCUT2D eigenvalue weighted by Gasteiger charge is -2.30. The molecule has 1 N–H and O–H groups in total. The lowest BCUT2D eigenvalue weighted by molar-refractivity contribution is -0.385. The molecule has 0 radical (unpaired) electrons. The summed E-state index contributed by atoms with van der Waals surface area (Å²) in [6, 6.07) is 13.2. The molecule has 2 rings (SSSR count). The largest absolute Gasteiger partial charge is 0.490 e. The molecule has 0 bridgehead atoms. The number of rotatable bonds is 14. The van der Waals surface area contributed by atoms with Crippen LogP contribution in [0.3, 0.4) is 0 Å². The number of nitro groups is 1. The lowest BCUT2D eigenvalue weighted by Crippen LogP contribution is -2.51. The van der Waals surface area contributed by atoms with Gasteiger partial charge in [-0.15, -0.1) is 0 Å². The molecule has 1 atom stereocenters. The number of ether oxygens (including phenoxy) is 2. The van der Waals surface area contributed by atoms with E-state index in [9.17, 15) is 19.7 Å². The second-order valence-corrected chi connectivity index (χ2v) is 7.77. The summed E-state index contributed by atoms with van der Waals surface area (Å²) >= 11 is 0. The van der Waals surface area contributed by atoms with E-state index in [1.807, 2.05) is 44.2 Å². The summed E-state index contributed by atoms with van der Waals surface area (Å²) in [6.45, 7) is 4.52. The van der Waals surface area contributed by atoms with Gasteiger partial charge < -0.3 is 19.7 Å². The highest BCUT2D eigenvalue weighted by Gasteiger charge is 2.28. The molecule has 0 fully saturated rings. The van der Waals surface area contributed by atoms with Gasteiger partial charge in [0, 0.05) is 25.2 Å². The van der Waals surface area contributed by atoms with Crippen molar-refractivity contribution in [2.75, 3.05) is 26.8 Å². The molecule has 0 aliphatic carbocycles. The number of hydrogen-bond acceptors (Lipinski definition) is 6. The number of carbonyl (C=O) groups is 2. The van der Waals surface area contributed by atoms with E-state index in [4.69, 9.17) is 9.47 Å². The Hall–Kier alpha value is -3.62. The zero-order valence-corrected chi connectivity index (χ0v) is 20.0. The number of carbonyl (C=O) groups excluding carboxylic acids is 2. The van der Waals surface area contributed by atoms with Crippen LogP contribution in [0.15, 0.2) is 48.5 Å². The molecule has 34 heavy (non-hydrogen) atoms. The van der Waals surface area contributed by atoms with Crippen molar-refractivity contribution >= 4 is 17.5 Å². The van der Waals surface area contributed by atoms with Crippen LogP contribution in [0.5, 0.6) is 11.5 Å². The summed E-state index contributed by atoms with van der Waals surface area (Å²) in [5.74, 6) is -0.225. The van der Waals surface area contributed by atoms with Crippen molar-refractivity contribution < 1.29 is 24.0 Å². The summed E-state index contributed by atoms with van der Waals surface area (Å²) in [5, 5.41) is 14.0. The van der Waals surface area contributed by atoms with E-state index in [0.717, 1.165) is 18.4 Å². The van der Waals surface area contributed by atoms with Crippen molar-refractivity contribution in [3.05, 3.63) is 64.2 Å². The van der Waals surface area contributed by atoms with Crippen LogP contribution in [-0.2, 0) is 16.0 Å². The van der Waals surface area contributed by atoms with Gasteiger partial charge in [-0.3, -0.25) is 19.7 Å². The number of nitro benzene ring substituents is 1. The maximum absolute atomic E-state index is 13.2. The number of unbranched alkanes of at least 4 members (excludes halogenated alkanes) is 1. The fraction of sp³-hybridized carbons (Fsp3) is 0.440. The fourth-order valence-corrected chi connectivity index (χ4v) is 3.53. The van der Waals surface area contributed by atoms with E-state index in [1.165, 1.54) is 25.3 Å². The number of amides is 2. The molecule has 2 aromatic rings. The molecule has 0 aliphatic heterocycles. The van der Waals surface area contributed by atoms with Crippen molar-refractivity contribution in [3.63, 3.8) is 0 Å². The highest BCUT2D eigenvalue weighted by atomic mass is 16.6. The van der Waals surface area contributed by atoms with Gasteiger partial charge in [0.15, 0.2) is 6.61 Å². The summed E-state index contributed by atoms with van der Waals surface area (Å²) in [5.41, 5.74) is 0.864. The van der Waals surface area contributed by atoms with Crippen LogP contribution in [0, 0.1) is 10.1 Å². The van der Waals surface area contributed by atoms with Gasteiger partial charge in [-0.1, -0.05) is 50.6 Å². The average molecular weight is 472 g/mol. The summed E-state index contributed by atoms with van der Waals surface area (Å²) in [6.07, 6.45) is 2.88.